The second-order valence-electron chi connectivity index (χ2n) is 4.82. The lowest BCUT2D eigenvalue weighted by molar-refractivity contribution is -0.119. The van der Waals surface area contributed by atoms with Crippen LogP contribution >= 0.6 is 0 Å². The second-order valence-corrected chi connectivity index (χ2v) is 6.67. The molecule has 1 aliphatic heterocycles. The molecule has 1 aliphatic rings. The average Bonchev–Trinajstić information content (AvgIpc) is 2.95. The molecule has 0 radical (unpaired) electrons. The molecule has 0 aromatic heterocycles. The zero-order valence-corrected chi connectivity index (χ0v) is 12.4. The fourth-order valence-electron chi connectivity index (χ4n) is 2.26. The first-order chi connectivity index (χ1) is 9.45. The monoisotopic (exact) mass is 297 g/mol. The summed E-state index contributed by atoms with van der Waals surface area (Å²) >= 11 is 0. The molecule has 0 spiro atoms. The minimum absolute atomic E-state index is 0.0565. The molecule has 3 N–H and O–H groups in total. The van der Waals surface area contributed by atoms with Gasteiger partial charge in [0.05, 0.1) is 10.8 Å². The minimum Gasteiger partial charge on any atom is -0.326 e. The minimum atomic E-state index is -3.52. The number of amides is 1. The van der Waals surface area contributed by atoms with Crippen molar-refractivity contribution in [1.29, 1.82) is 0 Å². The van der Waals surface area contributed by atoms with E-state index in [2.05, 4.69) is 15.4 Å². The summed E-state index contributed by atoms with van der Waals surface area (Å²) in [7, 11) is -2.15. The van der Waals surface area contributed by atoms with Crippen molar-refractivity contribution in [3.8, 4) is 0 Å². The molecule has 0 saturated carbocycles. The van der Waals surface area contributed by atoms with E-state index < -0.39 is 10.0 Å². The smallest absolute Gasteiger partial charge is 0.240 e. The molecule has 1 aromatic rings. The Kier molecular flexibility index (Phi) is 4.42. The van der Waals surface area contributed by atoms with Gasteiger partial charge >= 0.3 is 0 Å². The Morgan fingerprint density at radius 1 is 1.40 bits per heavy atom. The van der Waals surface area contributed by atoms with Crippen LogP contribution in [0.3, 0.4) is 0 Å². The highest BCUT2D eigenvalue weighted by Gasteiger charge is 2.24. The molecule has 110 valence electrons. The Balaban J connectivity index is 2.25. The number of hydrogen-bond donors (Lipinski definition) is 3. The van der Waals surface area contributed by atoms with Crippen LogP contribution in [0.2, 0.25) is 0 Å². The molecule has 20 heavy (non-hydrogen) atoms. The average molecular weight is 297 g/mol. The van der Waals surface area contributed by atoms with Gasteiger partial charge in [-0.3, -0.25) is 4.79 Å². The summed E-state index contributed by atoms with van der Waals surface area (Å²) in [6.07, 6.45) is 0.805. The molecule has 1 atom stereocenters. The first-order valence-corrected chi connectivity index (χ1v) is 7.99. The maximum Gasteiger partial charge on any atom is 0.240 e. The lowest BCUT2D eigenvalue weighted by Crippen LogP contribution is -2.25. The topological polar surface area (TPSA) is 87.3 Å². The quantitative estimate of drug-likeness (QED) is 0.753. The number of carbonyl (C=O) groups excluding carboxylic acids is 1. The predicted molar refractivity (Wildman–Crippen MR) is 77.0 cm³/mol. The molecule has 1 unspecified atom stereocenters. The number of nitrogens with one attached hydrogen (secondary N) is 3. The molecular formula is C13H19N3O3S. The Morgan fingerprint density at radius 2 is 2.15 bits per heavy atom. The molecule has 2 rings (SSSR count). The van der Waals surface area contributed by atoms with Gasteiger partial charge in [-0.25, -0.2) is 13.1 Å². The van der Waals surface area contributed by atoms with Crippen LogP contribution in [0.15, 0.2) is 23.1 Å². The van der Waals surface area contributed by atoms with Gasteiger partial charge in [-0.1, -0.05) is 6.07 Å². The largest absolute Gasteiger partial charge is 0.326 e. The van der Waals surface area contributed by atoms with Crippen molar-refractivity contribution in [2.75, 3.05) is 25.5 Å². The highest BCUT2D eigenvalue weighted by atomic mass is 32.2. The number of benzene rings is 1. The van der Waals surface area contributed by atoms with E-state index in [4.69, 9.17) is 0 Å². The van der Waals surface area contributed by atoms with Crippen LogP contribution in [0.4, 0.5) is 5.69 Å². The van der Waals surface area contributed by atoms with Crippen molar-refractivity contribution in [1.82, 2.24) is 10.0 Å². The molecule has 1 aromatic carbocycles. The van der Waals surface area contributed by atoms with E-state index in [0.717, 1.165) is 13.0 Å². The summed E-state index contributed by atoms with van der Waals surface area (Å²) in [6, 6.07) is 4.86. The van der Waals surface area contributed by atoms with Gasteiger partial charge in [-0.15, -0.1) is 0 Å². The Bertz CT molecular complexity index is 607. The van der Waals surface area contributed by atoms with Crippen LogP contribution in [0.25, 0.3) is 0 Å². The van der Waals surface area contributed by atoms with Gasteiger partial charge in [0.1, 0.15) is 0 Å². The zero-order valence-electron chi connectivity index (χ0n) is 11.6. The van der Waals surface area contributed by atoms with Gasteiger partial charge in [0.25, 0.3) is 0 Å². The van der Waals surface area contributed by atoms with Gasteiger partial charge in [0, 0.05) is 12.2 Å². The van der Waals surface area contributed by atoms with Gasteiger partial charge < -0.3 is 10.6 Å². The van der Waals surface area contributed by atoms with Gasteiger partial charge in [0.2, 0.25) is 15.9 Å². The molecule has 7 heteroatoms. The SMILES string of the molecule is CNS(=O)(=O)c1cccc(NC(=O)C2CCNC2)c1C. The van der Waals surface area contributed by atoms with Crippen molar-refractivity contribution in [3.05, 3.63) is 23.8 Å². The molecule has 1 heterocycles. The third kappa shape index (κ3) is 3.00. The van der Waals surface area contributed by atoms with E-state index in [1.807, 2.05) is 0 Å². The number of rotatable bonds is 4. The van der Waals surface area contributed by atoms with Crippen molar-refractivity contribution >= 4 is 21.6 Å². The van der Waals surface area contributed by atoms with Crippen LogP contribution in [0, 0.1) is 12.8 Å². The van der Waals surface area contributed by atoms with Crippen LogP contribution in [0.5, 0.6) is 0 Å². The highest BCUT2D eigenvalue weighted by Crippen LogP contribution is 2.23. The third-order valence-corrected chi connectivity index (χ3v) is 5.09. The predicted octanol–water partition coefficient (Wildman–Crippen LogP) is 0.451. The lowest BCUT2D eigenvalue weighted by atomic mass is 10.1. The number of carbonyl (C=O) groups is 1. The summed E-state index contributed by atoms with van der Waals surface area (Å²) in [5, 5.41) is 5.95. The van der Waals surface area contributed by atoms with Crippen molar-refractivity contribution in [2.45, 2.75) is 18.2 Å². The lowest BCUT2D eigenvalue weighted by Gasteiger charge is -2.14. The van der Waals surface area contributed by atoms with E-state index in [-0.39, 0.29) is 16.7 Å². The van der Waals surface area contributed by atoms with Gasteiger partial charge in [-0.05, 0) is 44.6 Å². The first kappa shape index (κ1) is 15.0. The van der Waals surface area contributed by atoms with Crippen molar-refractivity contribution < 1.29 is 13.2 Å². The molecule has 0 aliphatic carbocycles. The van der Waals surface area contributed by atoms with E-state index in [1.165, 1.54) is 13.1 Å². The van der Waals surface area contributed by atoms with Crippen LogP contribution in [0.1, 0.15) is 12.0 Å². The molecule has 1 fully saturated rings. The standard InChI is InChI=1S/C13H19N3O3S/c1-9-11(16-13(17)10-6-7-15-8-10)4-3-5-12(9)20(18,19)14-2/h3-5,10,14-15H,6-8H2,1-2H3,(H,16,17). The highest BCUT2D eigenvalue weighted by molar-refractivity contribution is 7.89. The first-order valence-electron chi connectivity index (χ1n) is 6.50. The maximum atomic E-state index is 12.1. The number of sulfonamides is 1. The van der Waals surface area contributed by atoms with Crippen LogP contribution in [-0.2, 0) is 14.8 Å². The van der Waals surface area contributed by atoms with Crippen molar-refractivity contribution in [2.24, 2.45) is 5.92 Å². The van der Waals surface area contributed by atoms with Gasteiger partial charge in [-0.2, -0.15) is 0 Å². The Morgan fingerprint density at radius 3 is 2.75 bits per heavy atom. The summed E-state index contributed by atoms with van der Waals surface area (Å²) in [5.41, 5.74) is 1.08. The summed E-state index contributed by atoms with van der Waals surface area (Å²) < 4.78 is 26.0. The third-order valence-electron chi connectivity index (χ3n) is 3.53. The Hall–Kier alpha value is -1.44. The maximum absolute atomic E-state index is 12.1. The fraction of sp³-hybridized carbons (Fsp3) is 0.462. The van der Waals surface area contributed by atoms with Crippen molar-refractivity contribution in [3.63, 3.8) is 0 Å². The normalized spacial score (nSPS) is 19.0. The molecule has 1 amide bonds. The summed E-state index contributed by atoms with van der Waals surface area (Å²) in [4.78, 5) is 12.3. The zero-order chi connectivity index (χ0) is 14.8. The van der Waals surface area contributed by atoms with E-state index in [1.54, 1.807) is 19.1 Å². The molecule has 6 nitrogen and oxygen atoms in total. The number of anilines is 1. The molecule has 1 saturated heterocycles. The van der Waals surface area contributed by atoms with E-state index >= 15 is 0 Å². The van der Waals surface area contributed by atoms with Crippen LogP contribution in [-0.4, -0.2) is 34.5 Å². The molecular weight excluding hydrogens is 278 g/mol. The number of hydrogen-bond acceptors (Lipinski definition) is 4. The Labute approximate surface area is 119 Å². The fourth-order valence-corrected chi connectivity index (χ4v) is 3.25. The van der Waals surface area contributed by atoms with E-state index in [9.17, 15) is 13.2 Å². The summed E-state index contributed by atoms with van der Waals surface area (Å²) in [5.74, 6) is -0.129. The molecule has 0 bridgehead atoms. The summed E-state index contributed by atoms with van der Waals surface area (Å²) in [6.45, 7) is 3.19. The van der Waals surface area contributed by atoms with Gasteiger partial charge in [0.15, 0.2) is 0 Å². The van der Waals surface area contributed by atoms with E-state index in [0.29, 0.717) is 17.8 Å². The second kappa shape index (κ2) is 5.90. The van der Waals surface area contributed by atoms with Crippen LogP contribution < -0.4 is 15.4 Å².